The van der Waals surface area contributed by atoms with Crippen molar-refractivity contribution < 1.29 is 4.79 Å². The molecule has 3 aliphatic rings. The minimum Gasteiger partial charge on any atom is -0.342 e. The highest BCUT2D eigenvalue weighted by atomic mass is 32.2. The van der Waals surface area contributed by atoms with E-state index in [1.807, 2.05) is 11.0 Å². The fourth-order valence-corrected chi connectivity index (χ4v) is 4.45. The van der Waals surface area contributed by atoms with Crippen LogP contribution in [0.2, 0.25) is 0 Å². The highest BCUT2D eigenvalue weighted by Gasteiger charge is 2.30. The molecule has 0 aromatic carbocycles. The molecule has 3 aliphatic heterocycles. The van der Waals surface area contributed by atoms with Crippen LogP contribution >= 0.6 is 11.8 Å². The second-order valence-corrected chi connectivity index (χ2v) is 7.10. The molecule has 23 heavy (non-hydrogen) atoms. The van der Waals surface area contributed by atoms with Crippen molar-refractivity contribution in [3.63, 3.8) is 0 Å². The zero-order valence-corrected chi connectivity index (χ0v) is 13.9. The van der Waals surface area contributed by atoms with Crippen molar-refractivity contribution in [1.82, 2.24) is 20.0 Å². The number of amidine groups is 1. The van der Waals surface area contributed by atoms with Crippen LogP contribution < -0.4 is 0 Å². The summed E-state index contributed by atoms with van der Waals surface area (Å²) in [5.41, 5.74) is 2.26. The van der Waals surface area contributed by atoms with Gasteiger partial charge >= 0.3 is 0 Å². The molecule has 0 unspecified atom stereocenters. The number of thioether (sulfide) groups is 1. The van der Waals surface area contributed by atoms with Gasteiger partial charge in [-0.3, -0.25) is 14.9 Å². The molecule has 0 spiro atoms. The Morgan fingerprint density at radius 3 is 3.22 bits per heavy atom. The Hall–Kier alpha value is -1.76. The molecule has 7 heteroatoms. The van der Waals surface area contributed by atoms with E-state index in [1.54, 1.807) is 18.0 Å². The summed E-state index contributed by atoms with van der Waals surface area (Å²) in [6, 6.07) is 2.02. The summed E-state index contributed by atoms with van der Waals surface area (Å²) < 4.78 is 0. The third-order valence-electron chi connectivity index (χ3n) is 4.73. The van der Waals surface area contributed by atoms with E-state index < -0.39 is 0 Å². The number of nitrogens with zero attached hydrogens (tertiary/aromatic N) is 4. The van der Waals surface area contributed by atoms with E-state index >= 15 is 0 Å². The third-order valence-corrected chi connectivity index (χ3v) is 5.68. The maximum Gasteiger partial charge on any atom is 0.228 e. The Bertz CT molecular complexity index is 639. The third kappa shape index (κ3) is 3.02. The number of aliphatic imine (C=N–C) groups is 1. The highest BCUT2D eigenvalue weighted by molar-refractivity contribution is 8.16. The van der Waals surface area contributed by atoms with Gasteiger partial charge in [0.2, 0.25) is 5.91 Å². The predicted octanol–water partition coefficient (Wildman–Crippen LogP) is 2.16. The number of carbonyl (C=O) groups is 1. The van der Waals surface area contributed by atoms with Crippen LogP contribution in [0.25, 0.3) is 0 Å². The van der Waals surface area contributed by atoms with Crippen LogP contribution in [0, 0.1) is 0 Å². The number of amides is 1. The minimum atomic E-state index is 0.230. The van der Waals surface area contributed by atoms with Gasteiger partial charge in [-0.2, -0.15) is 5.10 Å². The van der Waals surface area contributed by atoms with Gasteiger partial charge in [-0.1, -0.05) is 11.8 Å². The van der Waals surface area contributed by atoms with Crippen molar-refractivity contribution in [2.45, 2.75) is 31.6 Å². The average molecular weight is 331 g/mol. The molecule has 1 aromatic rings. The van der Waals surface area contributed by atoms with Gasteiger partial charge in [-0.15, -0.1) is 0 Å². The second-order valence-electron chi connectivity index (χ2n) is 6.26. The summed E-state index contributed by atoms with van der Waals surface area (Å²) in [5.74, 6) is 0.613. The van der Waals surface area contributed by atoms with Crippen LogP contribution in [0.4, 0.5) is 0 Å². The molecule has 122 valence electrons. The zero-order chi connectivity index (χ0) is 15.6. The Kier molecular flexibility index (Phi) is 4.11. The van der Waals surface area contributed by atoms with E-state index in [-0.39, 0.29) is 5.91 Å². The molecule has 4 rings (SSSR count). The molecule has 0 aliphatic carbocycles. The number of fused-ring (bicyclic) bond motifs is 1. The summed E-state index contributed by atoms with van der Waals surface area (Å²) in [5, 5.41) is 10.2. The quantitative estimate of drug-likeness (QED) is 0.922. The summed E-state index contributed by atoms with van der Waals surface area (Å²) >= 11 is 1.65. The molecule has 1 saturated heterocycles. The molecule has 0 saturated carbocycles. The van der Waals surface area contributed by atoms with Crippen LogP contribution in [-0.2, 0) is 4.79 Å². The lowest BCUT2D eigenvalue weighted by Crippen LogP contribution is -2.40. The Morgan fingerprint density at radius 1 is 1.39 bits per heavy atom. The maximum atomic E-state index is 12.7. The van der Waals surface area contributed by atoms with Crippen molar-refractivity contribution in [2.75, 3.05) is 26.2 Å². The van der Waals surface area contributed by atoms with Gasteiger partial charge in [0.25, 0.3) is 0 Å². The van der Waals surface area contributed by atoms with E-state index in [4.69, 9.17) is 0 Å². The van der Waals surface area contributed by atoms with Gasteiger partial charge in [-0.05, 0) is 30.7 Å². The second kappa shape index (κ2) is 6.39. The normalized spacial score (nSPS) is 24.3. The van der Waals surface area contributed by atoms with Crippen LogP contribution in [0.5, 0.6) is 0 Å². The number of H-pyrrole nitrogens is 1. The van der Waals surface area contributed by atoms with Gasteiger partial charge in [0.15, 0.2) is 5.17 Å². The first-order valence-electron chi connectivity index (χ1n) is 8.26. The van der Waals surface area contributed by atoms with Crippen molar-refractivity contribution in [3.8, 4) is 0 Å². The van der Waals surface area contributed by atoms with E-state index in [9.17, 15) is 4.79 Å². The number of piperidine rings is 1. The number of aromatic amines is 1. The molecule has 1 amide bonds. The minimum absolute atomic E-state index is 0.230. The smallest absolute Gasteiger partial charge is 0.228 e. The monoisotopic (exact) mass is 331 g/mol. The fraction of sp³-hybridized carbons (Fsp3) is 0.562. The molecule has 6 nitrogen and oxygen atoms in total. The number of hydrogen-bond acceptors (Lipinski definition) is 5. The fourth-order valence-electron chi connectivity index (χ4n) is 3.49. The van der Waals surface area contributed by atoms with E-state index in [0.717, 1.165) is 62.0 Å². The number of likely N-dealkylation sites (tertiary alicyclic amines) is 1. The first kappa shape index (κ1) is 14.8. The number of carbonyl (C=O) groups excluding carboxylic acids is 1. The van der Waals surface area contributed by atoms with Gasteiger partial charge < -0.3 is 9.80 Å². The largest absolute Gasteiger partial charge is 0.342 e. The Balaban J connectivity index is 1.39. The molecule has 1 fully saturated rings. The topological polar surface area (TPSA) is 64.6 Å². The lowest BCUT2D eigenvalue weighted by Gasteiger charge is -2.33. The van der Waals surface area contributed by atoms with E-state index in [2.05, 4.69) is 25.5 Å². The number of aromatic nitrogens is 2. The van der Waals surface area contributed by atoms with Gasteiger partial charge in [0.1, 0.15) is 0 Å². The number of hydrogen-bond donors (Lipinski definition) is 1. The number of rotatable bonds is 3. The van der Waals surface area contributed by atoms with Crippen LogP contribution in [0.1, 0.15) is 37.3 Å². The van der Waals surface area contributed by atoms with Crippen molar-refractivity contribution in [1.29, 1.82) is 0 Å². The molecule has 0 bridgehead atoms. The number of nitrogens with one attached hydrogen (secondary N) is 1. The molecule has 4 heterocycles. The summed E-state index contributed by atoms with van der Waals surface area (Å²) in [6.45, 7) is 3.56. The molecule has 0 radical (unpaired) electrons. The predicted molar refractivity (Wildman–Crippen MR) is 91.1 cm³/mol. The van der Waals surface area contributed by atoms with E-state index in [1.165, 1.54) is 0 Å². The first-order chi connectivity index (χ1) is 11.3. The van der Waals surface area contributed by atoms with Crippen LogP contribution in [0.3, 0.4) is 0 Å². The summed E-state index contributed by atoms with van der Waals surface area (Å²) in [4.78, 5) is 21.5. The molecular formula is C16H21N5OS. The summed E-state index contributed by atoms with van der Waals surface area (Å²) in [6.07, 6.45) is 5.52. The molecule has 1 aromatic heterocycles. The average Bonchev–Trinajstić information content (AvgIpc) is 3.25. The SMILES string of the molecule is O=C(CC1=CSC2=NCCCN12)N1CCC[C@@H](c2ccn[nH]2)C1. The molecule has 1 atom stereocenters. The Labute approximate surface area is 140 Å². The van der Waals surface area contributed by atoms with Gasteiger partial charge in [-0.25, -0.2) is 0 Å². The van der Waals surface area contributed by atoms with E-state index in [0.29, 0.717) is 12.3 Å². The van der Waals surface area contributed by atoms with Crippen LogP contribution in [0.15, 0.2) is 28.4 Å². The zero-order valence-electron chi connectivity index (χ0n) is 13.1. The van der Waals surface area contributed by atoms with Crippen molar-refractivity contribution in [2.24, 2.45) is 4.99 Å². The molecule has 1 N–H and O–H groups in total. The van der Waals surface area contributed by atoms with Crippen molar-refractivity contribution in [3.05, 3.63) is 29.1 Å². The van der Waals surface area contributed by atoms with Gasteiger partial charge in [0, 0.05) is 49.7 Å². The lowest BCUT2D eigenvalue weighted by molar-refractivity contribution is -0.131. The summed E-state index contributed by atoms with van der Waals surface area (Å²) in [7, 11) is 0. The highest BCUT2D eigenvalue weighted by Crippen LogP contribution is 2.32. The molecular weight excluding hydrogens is 310 g/mol. The first-order valence-corrected chi connectivity index (χ1v) is 9.14. The lowest BCUT2D eigenvalue weighted by atomic mass is 9.94. The van der Waals surface area contributed by atoms with Crippen LogP contribution in [-0.4, -0.2) is 57.3 Å². The van der Waals surface area contributed by atoms with Crippen molar-refractivity contribution >= 4 is 22.8 Å². The van der Waals surface area contributed by atoms with Gasteiger partial charge in [0.05, 0.1) is 6.42 Å². The Morgan fingerprint density at radius 2 is 2.35 bits per heavy atom. The standard InChI is InChI=1S/C16H21N5OS/c22-15(9-13-11-23-16-17-5-2-8-21(13)16)20-7-1-3-12(10-20)14-4-6-18-19-14/h4,6,11-12H,1-3,5,7-10H2,(H,18,19)/t12-/m1/s1. The maximum absolute atomic E-state index is 12.7.